The molecule has 0 aliphatic rings. The molecule has 0 saturated heterocycles. The fourth-order valence-electron chi connectivity index (χ4n) is 3.09. The topological polar surface area (TPSA) is 105 Å². The Bertz CT molecular complexity index is 1460. The Morgan fingerprint density at radius 2 is 1.62 bits per heavy atom. The third kappa shape index (κ3) is 4.23. The van der Waals surface area contributed by atoms with Gasteiger partial charge in [0, 0.05) is 0 Å². The largest absolute Gasteiger partial charge is 0.461 e. The van der Waals surface area contributed by atoms with Crippen molar-refractivity contribution in [2.45, 2.75) is 11.8 Å². The predicted molar refractivity (Wildman–Crippen MR) is 118 cm³/mol. The van der Waals surface area contributed by atoms with Gasteiger partial charge in [0.25, 0.3) is 5.56 Å². The molecule has 162 valence electrons. The molecule has 3 aromatic carbocycles. The van der Waals surface area contributed by atoms with Crippen LogP contribution in [0.5, 0.6) is 5.75 Å². The second kappa shape index (κ2) is 8.64. The zero-order valence-electron chi connectivity index (χ0n) is 17.0. The molecule has 0 saturated carbocycles. The summed E-state index contributed by atoms with van der Waals surface area (Å²) in [6.07, 6.45) is 0. The van der Waals surface area contributed by atoms with E-state index in [0.29, 0.717) is 11.1 Å². The van der Waals surface area contributed by atoms with Crippen LogP contribution in [-0.4, -0.2) is 30.8 Å². The summed E-state index contributed by atoms with van der Waals surface area (Å²) in [5, 5.41) is 5.58. The lowest BCUT2D eigenvalue weighted by atomic mass is 10.1. The first kappa shape index (κ1) is 21.3. The van der Waals surface area contributed by atoms with Crippen molar-refractivity contribution in [2.24, 2.45) is 0 Å². The van der Waals surface area contributed by atoms with E-state index in [9.17, 15) is 18.0 Å². The number of fused-ring (bicyclic) bond motifs is 1. The number of aromatic nitrogens is 2. The summed E-state index contributed by atoms with van der Waals surface area (Å²) >= 11 is 0. The van der Waals surface area contributed by atoms with Crippen LogP contribution in [0.2, 0.25) is 0 Å². The van der Waals surface area contributed by atoms with Gasteiger partial charge in [0.05, 0.1) is 18.4 Å². The highest BCUT2D eigenvalue weighted by molar-refractivity contribution is 7.87. The Kier molecular flexibility index (Phi) is 5.74. The minimum Gasteiger partial charge on any atom is -0.461 e. The second-order valence-corrected chi connectivity index (χ2v) is 8.26. The van der Waals surface area contributed by atoms with Gasteiger partial charge in [-0.05, 0) is 42.0 Å². The van der Waals surface area contributed by atoms with E-state index in [1.807, 2.05) is 12.1 Å². The number of ether oxygens (including phenoxy) is 1. The average molecular weight is 450 g/mol. The fraction of sp³-hybridized carbons (Fsp3) is 0.0870. The third-order valence-electron chi connectivity index (χ3n) is 4.58. The molecule has 0 N–H and O–H groups in total. The van der Waals surface area contributed by atoms with Crippen LogP contribution in [-0.2, 0) is 14.9 Å². The van der Waals surface area contributed by atoms with E-state index in [1.54, 1.807) is 55.5 Å². The van der Waals surface area contributed by atoms with Crippen molar-refractivity contribution in [3.63, 3.8) is 0 Å². The van der Waals surface area contributed by atoms with Crippen LogP contribution in [0.1, 0.15) is 17.4 Å². The lowest BCUT2D eigenvalue weighted by Gasteiger charge is -2.13. The number of benzene rings is 3. The number of hydrogen-bond donors (Lipinski definition) is 0. The summed E-state index contributed by atoms with van der Waals surface area (Å²) < 4.78 is 37.0. The Labute approximate surface area is 183 Å². The molecule has 9 heteroatoms. The van der Waals surface area contributed by atoms with Gasteiger partial charge in [0.2, 0.25) is 5.69 Å². The van der Waals surface area contributed by atoms with Crippen molar-refractivity contribution in [3.05, 3.63) is 94.9 Å². The Morgan fingerprint density at radius 1 is 0.938 bits per heavy atom. The predicted octanol–water partition coefficient (Wildman–Crippen LogP) is 3.33. The van der Waals surface area contributed by atoms with Crippen LogP contribution in [0.4, 0.5) is 0 Å². The molecule has 0 radical (unpaired) electrons. The van der Waals surface area contributed by atoms with Gasteiger partial charge >= 0.3 is 16.1 Å². The van der Waals surface area contributed by atoms with Crippen molar-refractivity contribution in [2.75, 3.05) is 6.61 Å². The molecule has 4 rings (SSSR count). The van der Waals surface area contributed by atoms with Crippen molar-refractivity contribution in [3.8, 4) is 11.4 Å². The summed E-state index contributed by atoms with van der Waals surface area (Å²) in [5.74, 6) is -1.42. The molecule has 4 aromatic rings. The summed E-state index contributed by atoms with van der Waals surface area (Å²) in [5.41, 5.74) is -0.709. The van der Waals surface area contributed by atoms with Crippen LogP contribution in [0.3, 0.4) is 0 Å². The van der Waals surface area contributed by atoms with E-state index in [-0.39, 0.29) is 11.5 Å². The van der Waals surface area contributed by atoms with Gasteiger partial charge in [0.15, 0.2) is 5.75 Å². The summed E-state index contributed by atoms with van der Waals surface area (Å²) in [6, 6.07) is 21.0. The maximum Gasteiger partial charge on any atom is 0.362 e. The number of carbonyl (C=O) groups excluding carboxylic acids is 1. The van der Waals surface area contributed by atoms with Gasteiger partial charge in [-0.1, -0.05) is 48.5 Å². The Hall–Kier alpha value is -3.98. The van der Waals surface area contributed by atoms with E-state index in [4.69, 9.17) is 8.92 Å². The monoisotopic (exact) mass is 450 g/mol. The zero-order valence-corrected chi connectivity index (χ0v) is 17.8. The number of hydrogen-bond acceptors (Lipinski definition) is 7. The maximum absolute atomic E-state index is 12.9. The molecular weight excluding hydrogens is 432 g/mol. The smallest absolute Gasteiger partial charge is 0.362 e. The van der Waals surface area contributed by atoms with Gasteiger partial charge in [-0.3, -0.25) is 4.79 Å². The molecule has 0 atom stereocenters. The van der Waals surface area contributed by atoms with E-state index in [2.05, 4.69) is 5.10 Å². The first-order valence-electron chi connectivity index (χ1n) is 9.69. The normalized spacial score (nSPS) is 11.3. The summed E-state index contributed by atoms with van der Waals surface area (Å²) in [6.45, 7) is 1.62. The summed E-state index contributed by atoms with van der Waals surface area (Å²) in [7, 11) is -4.37. The number of nitrogens with zero attached hydrogens (tertiary/aromatic N) is 2. The SMILES string of the molecule is CCOC(=O)c1nn(-c2ccccc2)c(=O)cc1OS(=O)(=O)c1ccc2ccccc2c1. The summed E-state index contributed by atoms with van der Waals surface area (Å²) in [4.78, 5) is 25.0. The van der Waals surface area contributed by atoms with Gasteiger partial charge in [-0.15, -0.1) is 0 Å². The molecule has 0 aliphatic heterocycles. The van der Waals surface area contributed by atoms with Crippen LogP contribution >= 0.6 is 0 Å². The maximum atomic E-state index is 12.9. The molecule has 32 heavy (non-hydrogen) atoms. The van der Waals surface area contributed by atoms with Crippen molar-refractivity contribution in [1.29, 1.82) is 0 Å². The lowest BCUT2D eigenvalue weighted by molar-refractivity contribution is 0.0515. The Morgan fingerprint density at radius 3 is 2.34 bits per heavy atom. The molecule has 8 nitrogen and oxygen atoms in total. The molecule has 0 aliphatic carbocycles. The number of para-hydroxylation sites is 1. The van der Waals surface area contributed by atoms with Crippen LogP contribution < -0.4 is 9.74 Å². The van der Waals surface area contributed by atoms with Crippen LogP contribution in [0, 0.1) is 0 Å². The average Bonchev–Trinajstić information content (AvgIpc) is 2.79. The van der Waals surface area contributed by atoms with E-state index >= 15 is 0 Å². The van der Waals surface area contributed by atoms with Crippen molar-refractivity contribution in [1.82, 2.24) is 9.78 Å². The highest BCUT2D eigenvalue weighted by Crippen LogP contribution is 2.24. The molecule has 0 spiro atoms. The zero-order chi connectivity index (χ0) is 22.7. The Balaban J connectivity index is 1.80. The van der Waals surface area contributed by atoms with E-state index in [1.165, 1.54) is 12.1 Å². The van der Waals surface area contributed by atoms with Crippen LogP contribution in [0.15, 0.2) is 88.6 Å². The lowest BCUT2D eigenvalue weighted by Crippen LogP contribution is -2.26. The minimum atomic E-state index is -4.37. The van der Waals surface area contributed by atoms with Gasteiger partial charge in [-0.25, -0.2) is 4.79 Å². The first-order chi connectivity index (χ1) is 15.4. The van der Waals surface area contributed by atoms with Crippen molar-refractivity contribution >= 4 is 26.9 Å². The molecule has 1 aromatic heterocycles. The van der Waals surface area contributed by atoms with Gasteiger partial charge in [0.1, 0.15) is 4.90 Å². The van der Waals surface area contributed by atoms with Gasteiger partial charge < -0.3 is 8.92 Å². The minimum absolute atomic E-state index is 0.0296. The standard InChI is InChI=1S/C23H18N2O6S/c1-2-30-23(27)22-20(15-21(26)25(24-22)18-10-4-3-5-11-18)31-32(28,29)19-13-12-16-8-6-7-9-17(16)14-19/h3-15H,2H2,1H3. The van der Waals surface area contributed by atoms with E-state index < -0.39 is 33.1 Å². The molecule has 0 amide bonds. The third-order valence-corrected chi connectivity index (χ3v) is 5.81. The van der Waals surface area contributed by atoms with E-state index in [0.717, 1.165) is 16.1 Å². The van der Waals surface area contributed by atoms with Crippen LogP contribution in [0.25, 0.3) is 16.5 Å². The number of esters is 1. The number of carbonyl (C=O) groups is 1. The van der Waals surface area contributed by atoms with Gasteiger partial charge in [-0.2, -0.15) is 18.2 Å². The fourth-order valence-corrected chi connectivity index (χ4v) is 4.05. The number of rotatable bonds is 6. The second-order valence-electron chi connectivity index (χ2n) is 6.71. The molecule has 0 bridgehead atoms. The molecular formula is C23H18N2O6S. The molecule has 0 unspecified atom stereocenters. The molecule has 0 fully saturated rings. The van der Waals surface area contributed by atoms with Crippen molar-refractivity contribution < 1.29 is 22.1 Å². The highest BCUT2D eigenvalue weighted by atomic mass is 32.2. The molecule has 1 heterocycles. The first-order valence-corrected chi connectivity index (χ1v) is 11.1. The quantitative estimate of drug-likeness (QED) is 0.328. The highest BCUT2D eigenvalue weighted by Gasteiger charge is 2.25.